The van der Waals surface area contributed by atoms with Gasteiger partial charge in [0.15, 0.2) is 0 Å². The highest BCUT2D eigenvalue weighted by Crippen LogP contribution is 2.22. The van der Waals surface area contributed by atoms with Crippen LogP contribution in [-0.2, 0) is 9.53 Å². The lowest BCUT2D eigenvalue weighted by Crippen LogP contribution is -2.42. The lowest BCUT2D eigenvalue weighted by molar-refractivity contribution is -0.133. The molecule has 104 valence electrons. The van der Waals surface area contributed by atoms with Crippen LogP contribution in [0.5, 0.6) is 0 Å². The summed E-state index contributed by atoms with van der Waals surface area (Å²) in [5, 5.41) is 3.41. The van der Waals surface area contributed by atoms with Gasteiger partial charge in [-0.15, -0.1) is 0 Å². The average Bonchev–Trinajstić information content (AvgIpc) is 2.67. The number of ether oxygens (including phenoxy) is 1. The molecule has 2 rings (SSSR count). The van der Waals surface area contributed by atoms with Crippen LogP contribution < -0.4 is 5.32 Å². The van der Waals surface area contributed by atoms with Gasteiger partial charge in [0.1, 0.15) is 0 Å². The first-order chi connectivity index (χ1) is 8.63. The number of hydrogen-bond donors (Lipinski definition) is 1. The summed E-state index contributed by atoms with van der Waals surface area (Å²) in [6.07, 6.45) is 4.88. The molecule has 0 bridgehead atoms. The van der Waals surface area contributed by atoms with Crippen LogP contribution in [0.15, 0.2) is 0 Å². The van der Waals surface area contributed by atoms with E-state index in [2.05, 4.69) is 26.1 Å². The molecule has 18 heavy (non-hydrogen) atoms. The Morgan fingerprint density at radius 1 is 1.50 bits per heavy atom. The van der Waals surface area contributed by atoms with E-state index in [-0.39, 0.29) is 24.2 Å². The van der Waals surface area contributed by atoms with Gasteiger partial charge in [0.2, 0.25) is 5.91 Å². The van der Waals surface area contributed by atoms with Crippen LogP contribution in [0, 0.1) is 5.92 Å². The maximum absolute atomic E-state index is 12.4. The van der Waals surface area contributed by atoms with Gasteiger partial charge in [0, 0.05) is 13.2 Å². The van der Waals surface area contributed by atoms with Crippen molar-refractivity contribution in [3.8, 4) is 0 Å². The molecule has 2 heterocycles. The number of carbonyl (C=O) groups is 1. The average molecular weight is 254 g/mol. The Hall–Kier alpha value is -0.610. The topological polar surface area (TPSA) is 41.6 Å². The van der Waals surface area contributed by atoms with E-state index in [1.807, 2.05) is 4.90 Å². The lowest BCUT2D eigenvalue weighted by Gasteiger charge is -2.29. The van der Waals surface area contributed by atoms with Crippen molar-refractivity contribution >= 4 is 5.91 Å². The third kappa shape index (κ3) is 2.86. The number of hydrogen-bond acceptors (Lipinski definition) is 3. The summed E-state index contributed by atoms with van der Waals surface area (Å²) >= 11 is 0. The fourth-order valence-corrected chi connectivity index (χ4v) is 2.85. The summed E-state index contributed by atoms with van der Waals surface area (Å²) in [4.78, 5) is 14.4. The van der Waals surface area contributed by atoms with Crippen LogP contribution in [0.4, 0.5) is 0 Å². The Bertz CT molecular complexity index is 290. The molecular weight excluding hydrogens is 228 g/mol. The van der Waals surface area contributed by atoms with E-state index in [9.17, 15) is 4.79 Å². The minimum atomic E-state index is -0.00593. The van der Waals surface area contributed by atoms with E-state index in [1.165, 1.54) is 6.42 Å². The summed E-state index contributed by atoms with van der Waals surface area (Å²) in [5.41, 5.74) is 0. The number of rotatable bonds is 4. The molecule has 2 aliphatic heterocycles. The molecule has 1 amide bonds. The summed E-state index contributed by atoms with van der Waals surface area (Å²) < 4.78 is 5.74. The zero-order valence-corrected chi connectivity index (χ0v) is 11.8. The zero-order chi connectivity index (χ0) is 13.1. The molecular formula is C14H26N2O2. The highest BCUT2D eigenvalue weighted by Gasteiger charge is 2.39. The summed E-state index contributed by atoms with van der Waals surface area (Å²) in [7, 11) is 0. The fourth-order valence-electron chi connectivity index (χ4n) is 2.85. The number of carbonyl (C=O) groups excluding carboxylic acids is 1. The molecule has 0 aromatic rings. The molecule has 1 N–H and O–H groups in total. The third-order valence-corrected chi connectivity index (χ3v) is 4.32. The van der Waals surface area contributed by atoms with Crippen molar-refractivity contribution in [2.45, 2.75) is 64.8 Å². The van der Waals surface area contributed by atoms with Gasteiger partial charge in [-0.1, -0.05) is 20.3 Å². The van der Waals surface area contributed by atoms with Gasteiger partial charge in [-0.25, -0.2) is 0 Å². The van der Waals surface area contributed by atoms with Crippen LogP contribution in [0.3, 0.4) is 0 Å². The highest BCUT2D eigenvalue weighted by molar-refractivity contribution is 5.84. The Morgan fingerprint density at radius 2 is 2.28 bits per heavy atom. The number of nitrogens with one attached hydrogen (secondary N) is 1. The maximum Gasteiger partial charge on any atom is 0.241 e. The van der Waals surface area contributed by atoms with Crippen LogP contribution in [0.1, 0.15) is 46.5 Å². The van der Waals surface area contributed by atoms with Crippen molar-refractivity contribution in [3.63, 3.8) is 0 Å². The van der Waals surface area contributed by atoms with Gasteiger partial charge < -0.3 is 9.64 Å². The van der Waals surface area contributed by atoms with Crippen LogP contribution in [-0.4, -0.2) is 42.3 Å². The number of amides is 1. The van der Waals surface area contributed by atoms with Gasteiger partial charge >= 0.3 is 0 Å². The molecule has 0 spiro atoms. The van der Waals surface area contributed by atoms with E-state index in [1.54, 1.807) is 0 Å². The molecule has 0 saturated carbocycles. The highest BCUT2D eigenvalue weighted by atomic mass is 16.5. The van der Waals surface area contributed by atoms with Crippen molar-refractivity contribution < 1.29 is 9.53 Å². The first kappa shape index (κ1) is 13.8. The normalized spacial score (nSPS) is 34.9. The Morgan fingerprint density at radius 3 is 2.89 bits per heavy atom. The first-order valence-electron chi connectivity index (χ1n) is 7.31. The molecule has 0 aromatic heterocycles. The van der Waals surface area contributed by atoms with E-state index in [0.29, 0.717) is 5.92 Å². The Labute approximate surface area is 110 Å². The first-order valence-corrected chi connectivity index (χ1v) is 7.31. The predicted molar refractivity (Wildman–Crippen MR) is 71.1 cm³/mol. The Kier molecular flexibility index (Phi) is 4.62. The SMILES string of the molecule is CCC(C)C1NC(C)N(CC2CCCCO2)C1=O. The third-order valence-electron chi connectivity index (χ3n) is 4.32. The number of nitrogens with zero attached hydrogens (tertiary/aromatic N) is 1. The molecule has 0 radical (unpaired) electrons. The smallest absolute Gasteiger partial charge is 0.241 e. The van der Waals surface area contributed by atoms with Crippen LogP contribution in [0.25, 0.3) is 0 Å². The second-order valence-corrected chi connectivity index (χ2v) is 5.69. The van der Waals surface area contributed by atoms with Gasteiger partial charge in [-0.05, 0) is 32.1 Å². The van der Waals surface area contributed by atoms with Gasteiger partial charge in [-0.2, -0.15) is 0 Å². The molecule has 2 saturated heterocycles. The molecule has 2 aliphatic rings. The molecule has 0 aromatic carbocycles. The standard InChI is InChI=1S/C14H26N2O2/c1-4-10(2)13-14(17)16(11(3)15-13)9-12-7-5-6-8-18-12/h10-13,15H,4-9H2,1-3H3. The minimum Gasteiger partial charge on any atom is -0.376 e. The second-order valence-electron chi connectivity index (χ2n) is 5.69. The zero-order valence-electron chi connectivity index (χ0n) is 11.8. The van der Waals surface area contributed by atoms with Gasteiger partial charge in [0.25, 0.3) is 0 Å². The van der Waals surface area contributed by atoms with Crippen molar-refractivity contribution in [2.75, 3.05) is 13.2 Å². The van der Waals surface area contributed by atoms with Crippen molar-refractivity contribution in [1.82, 2.24) is 10.2 Å². The van der Waals surface area contributed by atoms with E-state index < -0.39 is 0 Å². The minimum absolute atomic E-state index is 0.00593. The van der Waals surface area contributed by atoms with Crippen LogP contribution in [0.2, 0.25) is 0 Å². The molecule has 4 atom stereocenters. The van der Waals surface area contributed by atoms with Crippen LogP contribution >= 0.6 is 0 Å². The molecule has 4 unspecified atom stereocenters. The summed E-state index contributed by atoms with van der Waals surface area (Å²) in [6, 6.07) is -0.00593. The molecule has 2 fully saturated rings. The van der Waals surface area contributed by atoms with Gasteiger partial charge in [0.05, 0.1) is 18.3 Å². The lowest BCUT2D eigenvalue weighted by atomic mass is 9.99. The monoisotopic (exact) mass is 254 g/mol. The molecule has 4 heteroatoms. The fraction of sp³-hybridized carbons (Fsp3) is 0.929. The quantitative estimate of drug-likeness (QED) is 0.831. The summed E-state index contributed by atoms with van der Waals surface area (Å²) in [6.45, 7) is 7.95. The van der Waals surface area contributed by atoms with Crippen molar-refractivity contribution in [2.24, 2.45) is 5.92 Å². The summed E-state index contributed by atoms with van der Waals surface area (Å²) in [5.74, 6) is 0.656. The van der Waals surface area contributed by atoms with Crippen molar-refractivity contribution in [3.05, 3.63) is 0 Å². The Balaban J connectivity index is 1.93. The molecule has 0 aliphatic carbocycles. The second kappa shape index (κ2) is 6.02. The maximum atomic E-state index is 12.4. The van der Waals surface area contributed by atoms with E-state index >= 15 is 0 Å². The van der Waals surface area contributed by atoms with Crippen molar-refractivity contribution in [1.29, 1.82) is 0 Å². The predicted octanol–water partition coefficient (Wildman–Crippen LogP) is 1.75. The van der Waals surface area contributed by atoms with E-state index in [0.717, 1.165) is 32.4 Å². The van der Waals surface area contributed by atoms with E-state index in [4.69, 9.17) is 4.74 Å². The van der Waals surface area contributed by atoms with Gasteiger partial charge in [-0.3, -0.25) is 10.1 Å². The molecule has 4 nitrogen and oxygen atoms in total. The largest absolute Gasteiger partial charge is 0.376 e.